The van der Waals surface area contributed by atoms with E-state index in [4.69, 9.17) is 4.42 Å². The molecule has 4 aromatic rings. The minimum absolute atomic E-state index is 0.0218. The maximum absolute atomic E-state index is 12.6. The molecule has 0 radical (unpaired) electrons. The van der Waals surface area contributed by atoms with Crippen LogP contribution in [-0.2, 0) is 11.3 Å². The molecule has 11 heteroatoms. The molecule has 0 unspecified atom stereocenters. The van der Waals surface area contributed by atoms with Gasteiger partial charge >= 0.3 is 6.43 Å². The molecule has 1 amide bonds. The molecule has 152 valence electrons. The molecule has 1 N–H and O–H groups in total. The average molecular weight is 411 g/mol. The number of carbonyl (C=O) groups excluding carboxylic acids is 1. The number of pyridine rings is 1. The number of rotatable bonds is 6. The Balaban J connectivity index is 1.46. The van der Waals surface area contributed by atoms with Gasteiger partial charge in [0.15, 0.2) is 0 Å². The maximum atomic E-state index is 12.6. The Morgan fingerprint density at radius 3 is 2.73 bits per heavy atom. The Hall–Kier alpha value is -4.02. The minimum atomic E-state index is -2.82. The van der Waals surface area contributed by atoms with Crippen LogP contribution in [0.25, 0.3) is 22.7 Å². The predicted octanol–water partition coefficient (Wildman–Crippen LogP) is 3.33. The van der Waals surface area contributed by atoms with Gasteiger partial charge in [0.25, 0.3) is 5.89 Å². The van der Waals surface area contributed by atoms with E-state index in [9.17, 15) is 13.6 Å². The van der Waals surface area contributed by atoms with E-state index in [2.05, 4.69) is 30.8 Å². The number of carbonyl (C=O) groups is 1. The van der Waals surface area contributed by atoms with Gasteiger partial charge in [0.2, 0.25) is 11.8 Å². The fourth-order valence-corrected chi connectivity index (χ4v) is 2.72. The molecule has 1 aromatic carbocycles. The zero-order chi connectivity index (χ0) is 21.1. The van der Waals surface area contributed by atoms with Crippen molar-refractivity contribution in [1.29, 1.82) is 0 Å². The monoisotopic (exact) mass is 411 g/mol. The van der Waals surface area contributed by atoms with Crippen LogP contribution in [-0.4, -0.2) is 36.1 Å². The van der Waals surface area contributed by atoms with Crippen molar-refractivity contribution in [1.82, 2.24) is 30.2 Å². The molecule has 30 heavy (non-hydrogen) atoms. The van der Waals surface area contributed by atoms with Crippen LogP contribution in [0.5, 0.6) is 0 Å². The Kier molecular flexibility index (Phi) is 5.24. The van der Waals surface area contributed by atoms with E-state index in [1.54, 1.807) is 35.1 Å². The average Bonchev–Trinajstić information content (AvgIpc) is 3.38. The lowest BCUT2D eigenvalue weighted by molar-refractivity contribution is -0.114. The number of halogens is 2. The van der Waals surface area contributed by atoms with Gasteiger partial charge in [0.1, 0.15) is 5.69 Å². The van der Waals surface area contributed by atoms with Crippen molar-refractivity contribution in [2.45, 2.75) is 19.9 Å². The summed E-state index contributed by atoms with van der Waals surface area (Å²) in [6, 6.07) is 10.6. The molecule has 4 rings (SSSR count). The highest BCUT2D eigenvalue weighted by Gasteiger charge is 2.17. The van der Waals surface area contributed by atoms with Crippen LogP contribution in [0.4, 0.5) is 14.5 Å². The highest BCUT2D eigenvalue weighted by atomic mass is 19.3. The van der Waals surface area contributed by atoms with Crippen molar-refractivity contribution in [2.24, 2.45) is 0 Å². The highest BCUT2D eigenvalue weighted by molar-refractivity contribution is 5.89. The first-order valence-corrected chi connectivity index (χ1v) is 8.83. The van der Waals surface area contributed by atoms with Crippen LogP contribution < -0.4 is 5.32 Å². The van der Waals surface area contributed by atoms with Gasteiger partial charge in [-0.1, -0.05) is 17.3 Å². The van der Waals surface area contributed by atoms with E-state index in [1.165, 1.54) is 13.1 Å². The molecule has 0 saturated carbocycles. The summed E-state index contributed by atoms with van der Waals surface area (Å²) in [6.07, 6.45) is 0.404. The second kappa shape index (κ2) is 8.15. The van der Waals surface area contributed by atoms with Crippen molar-refractivity contribution in [3.05, 3.63) is 60.4 Å². The number of aromatic nitrogens is 6. The number of nitrogens with one attached hydrogen (secondary N) is 1. The van der Waals surface area contributed by atoms with Gasteiger partial charge in [-0.15, -0.1) is 15.3 Å². The third kappa shape index (κ3) is 4.35. The number of amides is 1. The van der Waals surface area contributed by atoms with Gasteiger partial charge in [-0.25, -0.2) is 4.68 Å². The number of hydrogen-bond donors (Lipinski definition) is 1. The smallest absolute Gasteiger partial charge is 0.314 e. The second-order valence-electron chi connectivity index (χ2n) is 6.35. The summed E-state index contributed by atoms with van der Waals surface area (Å²) < 4.78 is 31.6. The maximum Gasteiger partial charge on any atom is 0.314 e. The Labute approximate surface area is 168 Å². The lowest BCUT2D eigenvalue weighted by Crippen LogP contribution is -2.05. The topological polar surface area (TPSA) is 112 Å². The van der Waals surface area contributed by atoms with E-state index >= 15 is 0 Å². The molecular formula is C19H15F2N7O2. The fraction of sp³-hybridized carbons (Fsp3) is 0.158. The van der Waals surface area contributed by atoms with Gasteiger partial charge in [0, 0.05) is 24.4 Å². The van der Waals surface area contributed by atoms with E-state index in [0.717, 1.165) is 5.56 Å². The van der Waals surface area contributed by atoms with Gasteiger partial charge in [-0.2, -0.15) is 8.78 Å². The quantitative estimate of drug-likeness (QED) is 0.518. The number of alkyl halides is 2. The number of benzene rings is 1. The molecule has 3 heterocycles. The number of anilines is 1. The van der Waals surface area contributed by atoms with Crippen LogP contribution in [0.2, 0.25) is 0 Å². The van der Waals surface area contributed by atoms with Crippen molar-refractivity contribution in [3.8, 4) is 22.7 Å². The number of nitrogens with zero attached hydrogens (tertiary/aromatic N) is 6. The van der Waals surface area contributed by atoms with Gasteiger partial charge in [-0.3, -0.25) is 9.78 Å². The molecule has 0 bridgehead atoms. The summed E-state index contributed by atoms with van der Waals surface area (Å²) in [6.45, 7) is 1.79. The highest BCUT2D eigenvalue weighted by Crippen LogP contribution is 2.23. The lowest BCUT2D eigenvalue weighted by Gasteiger charge is -2.03. The lowest BCUT2D eigenvalue weighted by atomic mass is 10.1. The fourth-order valence-electron chi connectivity index (χ4n) is 2.72. The summed E-state index contributed by atoms with van der Waals surface area (Å²) in [5.74, 6) is -0.908. The Bertz CT molecular complexity index is 1170. The summed E-state index contributed by atoms with van der Waals surface area (Å²) in [5, 5.41) is 17.9. The van der Waals surface area contributed by atoms with E-state index in [-0.39, 0.29) is 11.8 Å². The summed E-state index contributed by atoms with van der Waals surface area (Å²) in [7, 11) is 0. The minimum Gasteiger partial charge on any atom is -0.415 e. The largest absolute Gasteiger partial charge is 0.415 e. The standard InChI is InChI=1S/C19H15F2N7O2/c1-11(29)23-14-4-2-3-12(7-14)16-10-28(27-24-16)9-15-6-5-13(8-22-15)18-25-26-19(30-18)17(20)21/h2-8,10,17H,9H2,1H3,(H,23,29). The summed E-state index contributed by atoms with van der Waals surface area (Å²) >= 11 is 0. The molecular weight excluding hydrogens is 396 g/mol. The second-order valence-corrected chi connectivity index (χ2v) is 6.35. The van der Waals surface area contributed by atoms with Crippen molar-refractivity contribution in [3.63, 3.8) is 0 Å². The Morgan fingerprint density at radius 2 is 2.03 bits per heavy atom. The summed E-state index contributed by atoms with van der Waals surface area (Å²) in [4.78, 5) is 15.5. The van der Waals surface area contributed by atoms with Crippen molar-refractivity contribution >= 4 is 11.6 Å². The van der Waals surface area contributed by atoms with Crippen LogP contribution in [0.15, 0.2) is 53.2 Å². The van der Waals surface area contributed by atoms with E-state index < -0.39 is 12.3 Å². The van der Waals surface area contributed by atoms with E-state index in [1.807, 2.05) is 12.1 Å². The first-order chi connectivity index (χ1) is 14.5. The summed E-state index contributed by atoms with van der Waals surface area (Å²) in [5.41, 5.74) is 3.23. The van der Waals surface area contributed by atoms with Gasteiger partial charge < -0.3 is 9.73 Å². The molecule has 0 aliphatic carbocycles. The molecule has 0 fully saturated rings. The third-order valence-electron chi connectivity index (χ3n) is 4.04. The van der Waals surface area contributed by atoms with Crippen LogP contribution >= 0.6 is 0 Å². The van der Waals surface area contributed by atoms with Crippen LogP contribution in [0.3, 0.4) is 0 Å². The first kappa shape index (κ1) is 19.3. The van der Waals surface area contributed by atoms with Crippen molar-refractivity contribution in [2.75, 3.05) is 5.32 Å². The normalized spacial score (nSPS) is 11.1. The van der Waals surface area contributed by atoms with E-state index in [0.29, 0.717) is 29.2 Å². The molecule has 0 saturated heterocycles. The SMILES string of the molecule is CC(=O)Nc1cccc(-c2cn(Cc3ccc(-c4nnc(C(F)F)o4)cn3)nn2)c1. The van der Waals surface area contributed by atoms with Gasteiger partial charge in [-0.05, 0) is 24.3 Å². The molecule has 0 aliphatic heterocycles. The van der Waals surface area contributed by atoms with Crippen molar-refractivity contribution < 1.29 is 18.0 Å². The van der Waals surface area contributed by atoms with Crippen LogP contribution in [0, 0.1) is 0 Å². The molecule has 9 nitrogen and oxygen atoms in total. The molecule has 0 atom stereocenters. The van der Waals surface area contributed by atoms with Crippen LogP contribution in [0.1, 0.15) is 24.9 Å². The zero-order valence-corrected chi connectivity index (χ0v) is 15.7. The predicted molar refractivity (Wildman–Crippen MR) is 101 cm³/mol. The number of hydrogen-bond acceptors (Lipinski definition) is 7. The zero-order valence-electron chi connectivity index (χ0n) is 15.7. The first-order valence-electron chi connectivity index (χ1n) is 8.83. The molecule has 0 spiro atoms. The Morgan fingerprint density at radius 1 is 1.17 bits per heavy atom. The third-order valence-corrected chi connectivity index (χ3v) is 4.04. The molecule has 3 aromatic heterocycles. The van der Waals surface area contributed by atoms with Gasteiger partial charge in [0.05, 0.1) is 24.0 Å². The molecule has 0 aliphatic rings.